The number of methoxy groups -OCH3 is 1. The Balaban J connectivity index is 2.73. The molecule has 0 aliphatic carbocycles. The zero-order valence-electron chi connectivity index (χ0n) is 9.83. The van der Waals surface area contributed by atoms with Crippen LogP contribution in [0.4, 0.5) is 4.39 Å². The molecule has 0 saturated carbocycles. The summed E-state index contributed by atoms with van der Waals surface area (Å²) in [6.07, 6.45) is 0. The van der Waals surface area contributed by atoms with Gasteiger partial charge in [0, 0.05) is 11.1 Å². The number of benzene rings is 2. The number of hydrogen-bond acceptors (Lipinski definition) is 1. The van der Waals surface area contributed by atoms with Crippen LogP contribution in [-0.2, 0) is 0 Å². The molecule has 0 bridgehead atoms. The number of halogens is 1. The Kier molecular flexibility index (Phi) is 3.18. The summed E-state index contributed by atoms with van der Waals surface area (Å²) < 4.78 is 19.1. The molecule has 0 unspecified atom stereocenters. The second kappa shape index (κ2) is 4.62. The number of para-hydroxylation sites is 1. The van der Waals surface area contributed by atoms with Crippen LogP contribution < -0.4 is 10.2 Å². The molecule has 0 fully saturated rings. The SMILES string of the molecule is [B]c1cccc(-c2c(C)cccc2F)c1OC. The lowest BCUT2D eigenvalue weighted by Crippen LogP contribution is -2.08. The summed E-state index contributed by atoms with van der Waals surface area (Å²) in [6, 6.07) is 10.3. The summed E-state index contributed by atoms with van der Waals surface area (Å²) in [5.74, 6) is 0.245. The molecule has 0 aromatic heterocycles. The molecule has 0 amide bonds. The van der Waals surface area contributed by atoms with Gasteiger partial charge >= 0.3 is 0 Å². The molecule has 2 radical (unpaired) electrons. The van der Waals surface area contributed by atoms with Crippen LogP contribution in [0.2, 0.25) is 0 Å². The van der Waals surface area contributed by atoms with E-state index in [4.69, 9.17) is 12.6 Å². The predicted octanol–water partition coefficient (Wildman–Crippen LogP) is 2.60. The van der Waals surface area contributed by atoms with Gasteiger partial charge in [0.05, 0.1) is 7.11 Å². The molecule has 0 saturated heterocycles. The lowest BCUT2D eigenvalue weighted by Gasteiger charge is -2.14. The van der Waals surface area contributed by atoms with Crippen molar-refractivity contribution in [3.63, 3.8) is 0 Å². The van der Waals surface area contributed by atoms with E-state index in [1.165, 1.54) is 13.2 Å². The van der Waals surface area contributed by atoms with Gasteiger partial charge in [-0.2, -0.15) is 0 Å². The van der Waals surface area contributed by atoms with Gasteiger partial charge in [0.2, 0.25) is 0 Å². The Morgan fingerprint density at radius 2 is 1.82 bits per heavy atom. The third-order valence-corrected chi connectivity index (χ3v) is 2.74. The fourth-order valence-electron chi connectivity index (χ4n) is 1.95. The van der Waals surface area contributed by atoms with Crippen molar-refractivity contribution < 1.29 is 9.13 Å². The Morgan fingerprint density at radius 3 is 2.47 bits per heavy atom. The van der Waals surface area contributed by atoms with Gasteiger partial charge < -0.3 is 4.74 Å². The molecule has 0 aliphatic heterocycles. The first-order valence-corrected chi connectivity index (χ1v) is 5.33. The third-order valence-electron chi connectivity index (χ3n) is 2.74. The molecule has 0 spiro atoms. The van der Waals surface area contributed by atoms with Crippen LogP contribution >= 0.6 is 0 Å². The number of rotatable bonds is 2. The molecule has 0 atom stereocenters. The molecule has 0 heterocycles. The Morgan fingerprint density at radius 1 is 1.12 bits per heavy atom. The van der Waals surface area contributed by atoms with E-state index in [9.17, 15) is 4.39 Å². The highest BCUT2D eigenvalue weighted by Crippen LogP contribution is 2.32. The number of hydrogen-bond donors (Lipinski definition) is 0. The predicted molar refractivity (Wildman–Crippen MR) is 68.5 cm³/mol. The fraction of sp³-hybridized carbons (Fsp3) is 0.143. The zero-order valence-corrected chi connectivity index (χ0v) is 9.83. The summed E-state index contributed by atoms with van der Waals surface area (Å²) in [5, 5.41) is 0. The molecule has 0 N–H and O–H groups in total. The maximum atomic E-state index is 13.9. The molecule has 84 valence electrons. The Bertz CT molecular complexity index is 532. The lowest BCUT2D eigenvalue weighted by atomic mass is 9.89. The van der Waals surface area contributed by atoms with E-state index >= 15 is 0 Å². The van der Waals surface area contributed by atoms with E-state index in [2.05, 4.69) is 0 Å². The second-order valence-electron chi connectivity index (χ2n) is 3.86. The van der Waals surface area contributed by atoms with Crippen LogP contribution in [0.15, 0.2) is 36.4 Å². The van der Waals surface area contributed by atoms with E-state index in [0.717, 1.165) is 5.56 Å². The first kappa shape index (κ1) is 11.7. The van der Waals surface area contributed by atoms with Crippen molar-refractivity contribution in [2.75, 3.05) is 7.11 Å². The molecular weight excluding hydrogens is 214 g/mol. The summed E-state index contributed by atoms with van der Waals surface area (Å²) in [5.41, 5.74) is 2.58. The highest BCUT2D eigenvalue weighted by atomic mass is 19.1. The topological polar surface area (TPSA) is 9.23 Å². The van der Waals surface area contributed by atoms with Gasteiger partial charge in [-0.15, -0.1) is 0 Å². The van der Waals surface area contributed by atoms with Crippen LogP contribution in [0.1, 0.15) is 5.56 Å². The van der Waals surface area contributed by atoms with Crippen LogP contribution in [0.25, 0.3) is 11.1 Å². The normalized spacial score (nSPS) is 10.3. The summed E-state index contributed by atoms with van der Waals surface area (Å²) >= 11 is 0. The average Bonchev–Trinajstić information content (AvgIpc) is 2.29. The van der Waals surface area contributed by atoms with Gasteiger partial charge in [0.15, 0.2) is 0 Å². The molecule has 2 aromatic carbocycles. The molecule has 3 heteroatoms. The van der Waals surface area contributed by atoms with E-state index in [1.807, 2.05) is 13.0 Å². The summed E-state index contributed by atoms with van der Waals surface area (Å²) in [6.45, 7) is 1.86. The van der Waals surface area contributed by atoms with Crippen molar-refractivity contribution >= 4 is 13.3 Å². The van der Waals surface area contributed by atoms with Crippen LogP contribution in [0.3, 0.4) is 0 Å². The molecule has 2 rings (SSSR count). The largest absolute Gasteiger partial charge is 0.497 e. The van der Waals surface area contributed by atoms with E-state index in [1.54, 1.807) is 24.3 Å². The molecular formula is C14H12BFO. The Hall–Kier alpha value is -1.77. The van der Waals surface area contributed by atoms with Gasteiger partial charge in [-0.05, 0) is 18.6 Å². The quantitative estimate of drug-likeness (QED) is 0.715. The van der Waals surface area contributed by atoms with Crippen molar-refractivity contribution in [3.05, 3.63) is 47.8 Å². The van der Waals surface area contributed by atoms with Crippen LogP contribution in [0.5, 0.6) is 5.75 Å². The summed E-state index contributed by atoms with van der Waals surface area (Å²) in [4.78, 5) is 0. The van der Waals surface area contributed by atoms with Gasteiger partial charge in [-0.1, -0.05) is 35.8 Å². The van der Waals surface area contributed by atoms with Crippen molar-refractivity contribution in [1.29, 1.82) is 0 Å². The average molecular weight is 226 g/mol. The minimum absolute atomic E-state index is 0.270. The standard InChI is InChI=1S/C14H12BFO/c1-9-5-3-8-12(16)13(9)10-6-4-7-11(15)14(10)17-2/h3-8H,1-2H3. The fourth-order valence-corrected chi connectivity index (χ4v) is 1.95. The maximum Gasteiger partial charge on any atom is 0.131 e. The zero-order chi connectivity index (χ0) is 12.4. The molecule has 2 aromatic rings. The van der Waals surface area contributed by atoms with E-state index in [-0.39, 0.29) is 5.82 Å². The highest BCUT2D eigenvalue weighted by Gasteiger charge is 2.13. The minimum Gasteiger partial charge on any atom is -0.497 e. The van der Waals surface area contributed by atoms with Crippen molar-refractivity contribution in [2.45, 2.75) is 6.92 Å². The molecule has 1 nitrogen and oxygen atoms in total. The van der Waals surface area contributed by atoms with Crippen molar-refractivity contribution in [3.8, 4) is 16.9 Å². The van der Waals surface area contributed by atoms with Crippen molar-refractivity contribution in [1.82, 2.24) is 0 Å². The molecule has 0 aliphatic rings. The number of aryl methyl sites for hydroxylation is 1. The highest BCUT2D eigenvalue weighted by molar-refractivity contribution is 6.34. The third kappa shape index (κ3) is 2.05. The van der Waals surface area contributed by atoms with Crippen LogP contribution in [-0.4, -0.2) is 15.0 Å². The Labute approximate surface area is 102 Å². The first-order valence-electron chi connectivity index (χ1n) is 5.33. The molecule has 17 heavy (non-hydrogen) atoms. The van der Waals surface area contributed by atoms with E-state index < -0.39 is 0 Å². The van der Waals surface area contributed by atoms with E-state index in [0.29, 0.717) is 22.3 Å². The maximum absolute atomic E-state index is 13.9. The minimum atomic E-state index is -0.270. The monoisotopic (exact) mass is 226 g/mol. The number of ether oxygens (including phenoxy) is 1. The van der Waals surface area contributed by atoms with Crippen LogP contribution in [0, 0.1) is 12.7 Å². The smallest absolute Gasteiger partial charge is 0.131 e. The summed E-state index contributed by atoms with van der Waals surface area (Å²) in [7, 11) is 7.36. The van der Waals surface area contributed by atoms with Gasteiger partial charge in [-0.3, -0.25) is 0 Å². The second-order valence-corrected chi connectivity index (χ2v) is 3.86. The van der Waals surface area contributed by atoms with Crippen molar-refractivity contribution in [2.24, 2.45) is 0 Å². The first-order chi connectivity index (χ1) is 8.15. The van der Waals surface area contributed by atoms with Gasteiger partial charge in [0.25, 0.3) is 0 Å². The lowest BCUT2D eigenvalue weighted by molar-refractivity contribution is 0.419. The van der Waals surface area contributed by atoms with Gasteiger partial charge in [-0.25, -0.2) is 4.39 Å². The van der Waals surface area contributed by atoms with Gasteiger partial charge in [0.1, 0.15) is 19.4 Å².